The molecular formula is C18H26N2O3. The molecule has 1 fully saturated rings. The third-order valence-corrected chi connectivity index (χ3v) is 4.70. The van der Waals surface area contributed by atoms with Crippen molar-refractivity contribution in [3.8, 4) is 0 Å². The van der Waals surface area contributed by atoms with Gasteiger partial charge in [0.25, 0.3) is 0 Å². The number of carboxylic acid groups (broad SMARTS) is 1. The second-order valence-electron chi connectivity index (χ2n) is 6.50. The van der Waals surface area contributed by atoms with Crippen LogP contribution < -0.4 is 10.6 Å². The lowest BCUT2D eigenvalue weighted by Gasteiger charge is -2.20. The zero-order valence-corrected chi connectivity index (χ0v) is 13.7. The van der Waals surface area contributed by atoms with Crippen LogP contribution in [0, 0.1) is 5.41 Å². The number of carbonyl (C=O) groups excluding carboxylic acids is 1. The molecule has 0 saturated heterocycles. The van der Waals surface area contributed by atoms with E-state index in [-0.39, 0.29) is 18.5 Å². The molecule has 0 spiro atoms. The molecule has 1 aromatic rings. The highest BCUT2D eigenvalue weighted by Crippen LogP contribution is 2.47. The summed E-state index contributed by atoms with van der Waals surface area (Å²) in [5, 5.41) is 14.8. The van der Waals surface area contributed by atoms with Gasteiger partial charge in [-0.1, -0.05) is 37.3 Å². The van der Waals surface area contributed by atoms with Crippen LogP contribution >= 0.6 is 0 Å². The SMILES string of the molecule is CCC1(CNC(=O)NC(CCC(=O)O)Cc2ccccc2)CC1. The maximum absolute atomic E-state index is 12.1. The summed E-state index contributed by atoms with van der Waals surface area (Å²) in [6.07, 6.45) is 4.56. The van der Waals surface area contributed by atoms with Gasteiger partial charge in [-0.2, -0.15) is 0 Å². The van der Waals surface area contributed by atoms with Crippen LogP contribution in [0.5, 0.6) is 0 Å². The van der Waals surface area contributed by atoms with E-state index >= 15 is 0 Å². The minimum absolute atomic E-state index is 0.0523. The summed E-state index contributed by atoms with van der Waals surface area (Å²) in [4.78, 5) is 22.9. The molecule has 126 valence electrons. The fourth-order valence-electron chi connectivity index (χ4n) is 2.76. The van der Waals surface area contributed by atoms with Crippen molar-refractivity contribution in [3.05, 3.63) is 35.9 Å². The molecule has 23 heavy (non-hydrogen) atoms. The molecular weight excluding hydrogens is 292 g/mol. The summed E-state index contributed by atoms with van der Waals surface area (Å²) in [6.45, 7) is 2.85. The van der Waals surface area contributed by atoms with Gasteiger partial charge in [-0.15, -0.1) is 0 Å². The second kappa shape index (κ2) is 7.99. The Morgan fingerprint density at radius 3 is 2.52 bits per heavy atom. The summed E-state index contributed by atoms with van der Waals surface area (Å²) in [7, 11) is 0. The summed E-state index contributed by atoms with van der Waals surface area (Å²) in [6, 6.07) is 9.44. The third kappa shape index (κ3) is 5.93. The maximum Gasteiger partial charge on any atom is 0.315 e. The number of carbonyl (C=O) groups is 2. The molecule has 2 rings (SSSR count). The van der Waals surface area contributed by atoms with Crippen molar-refractivity contribution < 1.29 is 14.7 Å². The molecule has 1 aliphatic rings. The number of rotatable bonds is 9. The minimum Gasteiger partial charge on any atom is -0.481 e. The largest absolute Gasteiger partial charge is 0.481 e. The van der Waals surface area contributed by atoms with Crippen LogP contribution in [0.4, 0.5) is 4.79 Å². The van der Waals surface area contributed by atoms with Gasteiger partial charge in [-0.05, 0) is 43.1 Å². The zero-order chi connectivity index (χ0) is 16.7. The molecule has 0 radical (unpaired) electrons. The van der Waals surface area contributed by atoms with E-state index in [2.05, 4.69) is 17.6 Å². The topological polar surface area (TPSA) is 78.4 Å². The molecule has 1 aromatic carbocycles. The predicted molar refractivity (Wildman–Crippen MR) is 89.3 cm³/mol. The monoisotopic (exact) mass is 318 g/mol. The van der Waals surface area contributed by atoms with Crippen LogP contribution in [0.3, 0.4) is 0 Å². The molecule has 1 unspecified atom stereocenters. The number of urea groups is 1. The van der Waals surface area contributed by atoms with Crippen molar-refractivity contribution in [2.45, 2.75) is 51.5 Å². The van der Waals surface area contributed by atoms with E-state index in [0.29, 0.717) is 24.8 Å². The van der Waals surface area contributed by atoms with E-state index in [4.69, 9.17) is 5.11 Å². The number of benzene rings is 1. The molecule has 1 atom stereocenters. The van der Waals surface area contributed by atoms with Gasteiger partial charge in [0.15, 0.2) is 0 Å². The van der Waals surface area contributed by atoms with Crippen molar-refractivity contribution >= 4 is 12.0 Å². The second-order valence-corrected chi connectivity index (χ2v) is 6.50. The van der Waals surface area contributed by atoms with Crippen LogP contribution in [-0.2, 0) is 11.2 Å². The Morgan fingerprint density at radius 1 is 1.26 bits per heavy atom. The van der Waals surface area contributed by atoms with Gasteiger partial charge < -0.3 is 15.7 Å². The number of hydrogen-bond donors (Lipinski definition) is 3. The Balaban J connectivity index is 1.85. The van der Waals surface area contributed by atoms with Gasteiger partial charge in [0.1, 0.15) is 0 Å². The Hall–Kier alpha value is -2.04. The van der Waals surface area contributed by atoms with Crippen molar-refractivity contribution in [3.63, 3.8) is 0 Å². The Bertz CT molecular complexity index is 526. The van der Waals surface area contributed by atoms with E-state index in [9.17, 15) is 9.59 Å². The van der Waals surface area contributed by atoms with Crippen LogP contribution in [0.2, 0.25) is 0 Å². The number of amides is 2. The molecule has 0 bridgehead atoms. The number of carboxylic acids is 1. The highest BCUT2D eigenvalue weighted by atomic mass is 16.4. The summed E-state index contributed by atoms with van der Waals surface area (Å²) < 4.78 is 0. The van der Waals surface area contributed by atoms with E-state index in [1.54, 1.807) is 0 Å². The quantitative estimate of drug-likeness (QED) is 0.655. The highest BCUT2D eigenvalue weighted by molar-refractivity contribution is 5.74. The molecule has 1 saturated carbocycles. The lowest BCUT2D eigenvalue weighted by Crippen LogP contribution is -2.45. The smallest absolute Gasteiger partial charge is 0.315 e. The lowest BCUT2D eigenvalue weighted by atomic mass is 10.0. The van der Waals surface area contributed by atoms with Gasteiger partial charge in [0, 0.05) is 19.0 Å². The molecule has 2 amide bonds. The summed E-state index contributed by atoms with van der Waals surface area (Å²) in [5.41, 5.74) is 1.39. The van der Waals surface area contributed by atoms with Crippen LogP contribution in [-0.4, -0.2) is 29.7 Å². The molecule has 5 heteroatoms. The maximum atomic E-state index is 12.1. The fourth-order valence-corrected chi connectivity index (χ4v) is 2.76. The Morgan fingerprint density at radius 2 is 1.96 bits per heavy atom. The molecule has 0 aromatic heterocycles. The predicted octanol–water partition coefficient (Wildman–Crippen LogP) is 2.95. The number of nitrogens with one attached hydrogen (secondary N) is 2. The first kappa shape index (κ1) is 17.3. The molecule has 5 nitrogen and oxygen atoms in total. The van der Waals surface area contributed by atoms with Crippen molar-refractivity contribution in [2.75, 3.05) is 6.54 Å². The first-order valence-corrected chi connectivity index (χ1v) is 8.33. The van der Waals surface area contributed by atoms with Crippen LogP contribution in [0.25, 0.3) is 0 Å². The van der Waals surface area contributed by atoms with Gasteiger partial charge in [-0.25, -0.2) is 4.79 Å². The summed E-state index contributed by atoms with van der Waals surface area (Å²) in [5.74, 6) is -0.840. The standard InChI is InChI=1S/C18H26N2O3/c1-2-18(10-11-18)13-19-17(23)20-15(8-9-16(21)22)12-14-6-4-3-5-7-14/h3-7,15H,2,8-13H2,1H3,(H,21,22)(H2,19,20,23). The highest BCUT2D eigenvalue weighted by Gasteiger charge is 2.40. The minimum atomic E-state index is -0.840. The summed E-state index contributed by atoms with van der Waals surface area (Å²) >= 11 is 0. The Labute approximate surface area is 137 Å². The molecule has 0 aliphatic heterocycles. The van der Waals surface area contributed by atoms with Crippen molar-refractivity contribution in [1.29, 1.82) is 0 Å². The van der Waals surface area contributed by atoms with Gasteiger partial charge in [0.05, 0.1) is 0 Å². The zero-order valence-electron chi connectivity index (χ0n) is 13.7. The van der Waals surface area contributed by atoms with E-state index in [1.165, 1.54) is 12.8 Å². The van der Waals surface area contributed by atoms with Crippen molar-refractivity contribution in [2.24, 2.45) is 5.41 Å². The lowest BCUT2D eigenvalue weighted by molar-refractivity contribution is -0.137. The van der Waals surface area contributed by atoms with Crippen molar-refractivity contribution in [1.82, 2.24) is 10.6 Å². The first-order valence-electron chi connectivity index (χ1n) is 8.33. The van der Waals surface area contributed by atoms with Crippen LogP contribution in [0.1, 0.15) is 44.6 Å². The van der Waals surface area contributed by atoms with Gasteiger partial charge in [0.2, 0.25) is 0 Å². The molecule has 3 N–H and O–H groups in total. The Kier molecular flexibility index (Phi) is 6.02. The van der Waals surface area contributed by atoms with Crippen LogP contribution in [0.15, 0.2) is 30.3 Å². The normalized spacial score (nSPS) is 16.4. The average Bonchev–Trinajstić information content (AvgIpc) is 3.32. The molecule has 0 heterocycles. The number of hydrogen-bond acceptors (Lipinski definition) is 2. The van der Waals surface area contributed by atoms with E-state index < -0.39 is 5.97 Å². The van der Waals surface area contributed by atoms with Gasteiger partial charge in [-0.3, -0.25) is 4.79 Å². The number of aliphatic carboxylic acids is 1. The van der Waals surface area contributed by atoms with E-state index in [0.717, 1.165) is 12.0 Å². The van der Waals surface area contributed by atoms with E-state index in [1.807, 2.05) is 30.3 Å². The van der Waals surface area contributed by atoms with Gasteiger partial charge >= 0.3 is 12.0 Å². The molecule has 1 aliphatic carbocycles. The average molecular weight is 318 g/mol. The first-order chi connectivity index (χ1) is 11.0. The third-order valence-electron chi connectivity index (χ3n) is 4.70. The fraction of sp³-hybridized carbons (Fsp3) is 0.556.